The second-order valence-electron chi connectivity index (χ2n) is 6.60. The number of hydrogen-bond donors (Lipinski definition) is 2. The maximum absolute atomic E-state index is 12.3. The molecule has 0 amide bonds. The third-order valence-corrected chi connectivity index (χ3v) is 5.79. The van der Waals surface area contributed by atoms with Crippen LogP contribution in [0.3, 0.4) is 0 Å². The second kappa shape index (κ2) is 9.10. The Morgan fingerprint density at radius 1 is 1.19 bits per heavy atom. The fourth-order valence-electron chi connectivity index (χ4n) is 3.25. The van der Waals surface area contributed by atoms with Gasteiger partial charge < -0.3 is 19.4 Å². The third-order valence-electron chi connectivity index (χ3n) is 4.65. The predicted molar refractivity (Wildman–Crippen MR) is 101 cm³/mol. The lowest BCUT2D eigenvalue weighted by Crippen LogP contribution is -2.24. The molecule has 1 fully saturated rings. The fourth-order valence-corrected chi connectivity index (χ4v) is 4.12. The number of aromatic hydroxyl groups is 1. The monoisotopic (exact) mass is 390 g/mol. The van der Waals surface area contributed by atoms with Crippen LogP contribution in [-0.4, -0.2) is 28.9 Å². The molecule has 0 bridgehead atoms. The minimum atomic E-state index is -0.975. The summed E-state index contributed by atoms with van der Waals surface area (Å²) in [5.41, 5.74) is 0.542. The van der Waals surface area contributed by atoms with Crippen molar-refractivity contribution in [1.82, 2.24) is 0 Å². The van der Waals surface area contributed by atoms with E-state index in [4.69, 9.17) is 14.3 Å². The normalized spacial score (nSPS) is 19.7. The van der Waals surface area contributed by atoms with Crippen molar-refractivity contribution in [2.24, 2.45) is 0 Å². The van der Waals surface area contributed by atoms with E-state index in [1.807, 2.05) is 30.3 Å². The summed E-state index contributed by atoms with van der Waals surface area (Å²) in [6.07, 6.45) is 2.77. The van der Waals surface area contributed by atoms with Gasteiger partial charge in [0.05, 0.1) is 6.10 Å². The Hall–Kier alpha value is -2.25. The lowest BCUT2D eigenvalue weighted by Gasteiger charge is -2.27. The van der Waals surface area contributed by atoms with Gasteiger partial charge in [-0.3, -0.25) is 0 Å². The van der Waals surface area contributed by atoms with Gasteiger partial charge in [-0.2, -0.15) is 0 Å². The fraction of sp³-hybridized carbons (Fsp3) is 0.400. The van der Waals surface area contributed by atoms with Crippen LogP contribution in [0.1, 0.15) is 42.9 Å². The van der Waals surface area contributed by atoms with E-state index >= 15 is 0 Å². The first-order chi connectivity index (χ1) is 13.0. The van der Waals surface area contributed by atoms with Gasteiger partial charge in [-0.05, 0) is 31.2 Å². The highest BCUT2D eigenvalue weighted by Gasteiger charge is 2.26. The van der Waals surface area contributed by atoms with Gasteiger partial charge in [0.1, 0.15) is 23.0 Å². The summed E-state index contributed by atoms with van der Waals surface area (Å²) in [5.74, 6) is 0.0626. The molecule has 7 heteroatoms. The molecule has 144 valence electrons. The summed E-state index contributed by atoms with van der Waals surface area (Å²) < 4.78 is 10.8. The van der Waals surface area contributed by atoms with Crippen LogP contribution in [0.4, 0.5) is 0 Å². The Morgan fingerprint density at radius 3 is 2.52 bits per heavy atom. The Bertz CT molecular complexity index is 824. The molecule has 1 aromatic carbocycles. The maximum Gasteiger partial charge on any atom is 0.353 e. The van der Waals surface area contributed by atoms with Gasteiger partial charge in [-0.15, -0.1) is 11.8 Å². The number of hydrogen-bond acceptors (Lipinski definition) is 6. The van der Waals surface area contributed by atoms with E-state index in [2.05, 4.69) is 0 Å². The first-order valence-corrected chi connectivity index (χ1v) is 9.88. The molecule has 6 nitrogen and oxygen atoms in total. The molecule has 3 rings (SSSR count). The van der Waals surface area contributed by atoms with Gasteiger partial charge in [-0.25, -0.2) is 9.59 Å². The highest BCUT2D eigenvalue weighted by molar-refractivity contribution is 7.98. The summed E-state index contributed by atoms with van der Waals surface area (Å²) in [6.45, 7) is -0.293. The van der Waals surface area contributed by atoms with Crippen molar-refractivity contribution in [1.29, 1.82) is 0 Å². The number of carbonyl (C=O) groups is 1. The zero-order valence-electron chi connectivity index (χ0n) is 14.8. The number of benzene rings is 1. The van der Waals surface area contributed by atoms with E-state index in [0.29, 0.717) is 24.4 Å². The molecule has 0 unspecified atom stereocenters. The number of thioether (sulfide) groups is 1. The van der Waals surface area contributed by atoms with Crippen LogP contribution in [0.15, 0.2) is 50.5 Å². The van der Waals surface area contributed by atoms with Crippen molar-refractivity contribution < 1.29 is 24.2 Å². The lowest BCUT2D eigenvalue weighted by atomic mass is 9.85. The van der Waals surface area contributed by atoms with Crippen molar-refractivity contribution in [3.05, 3.63) is 58.1 Å². The maximum atomic E-state index is 12.3. The zero-order chi connectivity index (χ0) is 19.2. The number of carboxylic acids is 1. The van der Waals surface area contributed by atoms with Gasteiger partial charge >= 0.3 is 11.6 Å². The first kappa shape index (κ1) is 19.5. The highest BCUT2D eigenvalue weighted by atomic mass is 32.2. The topological polar surface area (TPSA) is 97.0 Å². The number of rotatable bonds is 7. The van der Waals surface area contributed by atoms with Crippen LogP contribution in [0.25, 0.3) is 0 Å². The smallest absolute Gasteiger partial charge is 0.353 e. The summed E-state index contributed by atoms with van der Waals surface area (Å²) >= 11 is 1.26. The van der Waals surface area contributed by atoms with E-state index in [-0.39, 0.29) is 29.3 Å². The summed E-state index contributed by atoms with van der Waals surface area (Å²) in [7, 11) is 0. The predicted octanol–water partition coefficient (Wildman–Crippen LogP) is 3.77. The number of aliphatic carboxylic acids is 1. The summed E-state index contributed by atoms with van der Waals surface area (Å²) in [4.78, 5) is 23.1. The molecular formula is C20H22O6S. The van der Waals surface area contributed by atoms with Crippen molar-refractivity contribution in [2.45, 2.75) is 48.4 Å². The summed E-state index contributed by atoms with van der Waals surface area (Å²) in [5, 5.41) is 19.0. The van der Waals surface area contributed by atoms with Crippen LogP contribution in [0.5, 0.6) is 5.75 Å². The van der Waals surface area contributed by atoms with Crippen molar-refractivity contribution in [2.75, 3.05) is 6.61 Å². The van der Waals surface area contributed by atoms with Gasteiger partial charge in [-0.1, -0.05) is 30.3 Å². The number of carboxylic acid groups (broad SMARTS) is 1. The Labute approximate surface area is 161 Å². The van der Waals surface area contributed by atoms with Gasteiger partial charge in [0.2, 0.25) is 0 Å². The van der Waals surface area contributed by atoms with Crippen LogP contribution in [0, 0.1) is 0 Å². The van der Waals surface area contributed by atoms with Gasteiger partial charge in [0.25, 0.3) is 0 Å². The van der Waals surface area contributed by atoms with E-state index in [1.165, 1.54) is 17.8 Å². The van der Waals surface area contributed by atoms with Crippen LogP contribution >= 0.6 is 11.8 Å². The largest absolute Gasteiger partial charge is 0.506 e. The van der Waals surface area contributed by atoms with Crippen molar-refractivity contribution in [3.63, 3.8) is 0 Å². The third kappa shape index (κ3) is 5.37. The molecule has 1 aliphatic rings. The minimum absolute atomic E-state index is 0.0291. The van der Waals surface area contributed by atoms with E-state index in [1.54, 1.807) is 0 Å². The molecule has 1 saturated carbocycles. The molecular weight excluding hydrogens is 368 g/mol. The van der Waals surface area contributed by atoms with E-state index in [0.717, 1.165) is 18.4 Å². The molecule has 1 aliphatic carbocycles. The van der Waals surface area contributed by atoms with Crippen molar-refractivity contribution >= 4 is 17.7 Å². The van der Waals surface area contributed by atoms with E-state index in [9.17, 15) is 14.7 Å². The first-order valence-electron chi connectivity index (χ1n) is 8.90. The average molecular weight is 390 g/mol. The Kier molecular flexibility index (Phi) is 6.58. The van der Waals surface area contributed by atoms with E-state index < -0.39 is 11.6 Å². The molecule has 0 saturated heterocycles. The SMILES string of the molecule is O=C(O)COC1CCC(c2cc(O)c(SCc3ccccc3)c(=O)o2)CC1. The standard InChI is InChI=1S/C20H22O6S/c21-16-10-17(14-6-8-15(9-7-14)25-11-18(22)23)26-20(24)19(16)27-12-13-4-2-1-3-5-13/h1-5,10,14-15,21H,6-9,11-12H2,(H,22,23). The summed E-state index contributed by atoms with van der Waals surface area (Å²) in [6, 6.07) is 11.2. The molecule has 0 radical (unpaired) electrons. The lowest BCUT2D eigenvalue weighted by molar-refractivity contribution is -0.145. The quantitative estimate of drug-likeness (QED) is 0.695. The molecule has 0 spiro atoms. The Morgan fingerprint density at radius 2 is 1.89 bits per heavy atom. The van der Waals surface area contributed by atoms with Crippen molar-refractivity contribution in [3.8, 4) is 5.75 Å². The molecule has 0 atom stereocenters. The second-order valence-corrected chi connectivity index (χ2v) is 7.59. The van der Waals surface area contributed by atoms with Gasteiger partial charge in [0, 0.05) is 17.7 Å². The number of ether oxygens (including phenoxy) is 1. The van der Waals surface area contributed by atoms with Crippen LogP contribution in [0.2, 0.25) is 0 Å². The van der Waals surface area contributed by atoms with Crippen LogP contribution < -0.4 is 5.63 Å². The molecule has 2 aromatic rings. The molecule has 1 aromatic heterocycles. The molecule has 1 heterocycles. The molecule has 2 N–H and O–H groups in total. The molecule has 0 aliphatic heterocycles. The van der Waals surface area contributed by atoms with Gasteiger partial charge in [0.15, 0.2) is 0 Å². The highest BCUT2D eigenvalue weighted by Crippen LogP contribution is 2.37. The zero-order valence-corrected chi connectivity index (χ0v) is 15.6. The average Bonchev–Trinajstić information content (AvgIpc) is 2.67. The Balaban J connectivity index is 1.61. The minimum Gasteiger partial charge on any atom is -0.506 e. The molecule has 27 heavy (non-hydrogen) atoms. The van der Waals surface area contributed by atoms with Crippen LogP contribution in [-0.2, 0) is 15.3 Å².